The summed E-state index contributed by atoms with van der Waals surface area (Å²) in [4.78, 5) is 34.0. The lowest BCUT2D eigenvalue weighted by Crippen LogP contribution is -2.39. The van der Waals surface area contributed by atoms with Gasteiger partial charge in [0.15, 0.2) is 12.2 Å². The molecule has 2 atom stereocenters. The summed E-state index contributed by atoms with van der Waals surface area (Å²) < 4.78 is 24.2. The van der Waals surface area contributed by atoms with Crippen LogP contribution < -0.4 is 0 Å². The third-order valence-corrected chi connectivity index (χ3v) is 2.09. The standard InChI is InChI=1S/C11H16O8/c1-4-15-9(13)7-8(10(14)16-5-2)19-11(18-7)17-6(3)12/h7-8,11H,4-5H2,1-3H3/t7-,8-/m0/s1. The number of hydrogen-bond acceptors (Lipinski definition) is 8. The van der Waals surface area contributed by atoms with Crippen LogP contribution in [0.25, 0.3) is 0 Å². The van der Waals surface area contributed by atoms with Crippen LogP contribution in [0.3, 0.4) is 0 Å². The maximum absolute atomic E-state index is 11.6. The molecule has 0 unspecified atom stereocenters. The van der Waals surface area contributed by atoms with E-state index in [9.17, 15) is 14.4 Å². The van der Waals surface area contributed by atoms with Crippen LogP contribution in [0.4, 0.5) is 0 Å². The molecule has 8 nitrogen and oxygen atoms in total. The third kappa shape index (κ3) is 4.18. The fraction of sp³-hybridized carbons (Fsp3) is 0.727. The van der Waals surface area contributed by atoms with Crippen LogP contribution >= 0.6 is 0 Å². The first kappa shape index (κ1) is 15.4. The van der Waals surface area contributed by atoms with Gasteiger partial charge in [-0.3, -0.25) is 4.79 Å². The summed E-state index contributed by atoms with van der Waals surface area (Å²) in [5, 5.41) is 0. The molecule has 1 heterocycles. The minimum Gasteiger partial charge on any atom is -0.464 e. The fourth-order valence-electron chi connectivity index (χ4n) is 1.41. The van der Waals surface area contributed by atoms with Crippen molar-refractivity contribution in [3.8, 4) is 0 Å². The molecule has 0 saturated carbocycles. The molecule has 0 aromatic heterocycles. The fourth-order valence-corrected chi connectivity index (χ4v) is 1.41. The second-order valence-corrected chi connectivity index (χ2v) is 3.52. The predicted molar refractivity (Wildman–Crippen MR) is 58.6 cm³/mol. The highest BCUT2D eigenvalue weighted by Gasteiger charge is 2.48. The van der Waals surface area contributed by atoms with Gasteiger partial charge in [-0.05, 0) is 13.8 Å². The lowest BCUT2D eigenvalue weighted by Gasteiger charge is -2.13. The van der Waals surface area contributed by atoms with Crippen molar-refractivity contribution in [2.24, 2.45) is 0 Å². The van der Waals surface area contributed by atoms with E-state index >= 15 is 0 Å². The van der Waals surface area contributed by atoms with Gasteiger partial charge in [0.2, 0.25) is 0 Å². The molecule has 0 amide bonds. The van der Waals surface area contributed by atoms with Crippen LogP contribution in [-0.2, 0) is 38.1 Å². The molecular weight excluding hydrogens is 260 g/mol. The maximum atomic E-state index is 11.6. The number of hydrogen-bond donors (Lipinski definition) is 0. The van der Waals surface area contributed by atoms with Gasteiger partial charge in [0, 0.05) is 6.92 Å². The van der Waals surface area contributed by atoms with Crippen LogP contribution in [0, 0.1) is 0 Å². The predicted octanol–water partition coefficient (Wildman–Crippen LogP) is -0.257. The molecule has 0 bridgehead atoms. The molecule has 0 radical (unpaired) electrons. The smallest absolute Gasteiger partial charge is 0.338 e. The average Bonchev–Trinajstić information content (AvgIpc) is 2.72. The molecule has 1 rings (SSSR count). The van der Waals surface area contributed by atoms with Crippen molar-refractivity contribution >= 4 is 17.9 Å². The van der Waals surface area contributed by atoms with E-state index in [1.165, 1.54) is 0 Å². The summed E-state index contributed by atoms with van der Waals surface area (Å²) in [5.41, 5.74) is 0. The van der Waals surface area contributed by atoms with Crippen molar-refractivity contribution in [3.63, 3.8) is 0 Å². The minimum absolute atomic E-state index is 0.118. The second kappa shape index (κ2) is 7.05. The highest BCUT2D eigenvalue weighted by atomic mass is 16.9. The normalized spacial score (nSPS) is 22.9. The van der Waals surface area contributed by atoms with E-state index in [-0.39, 0.29) is 13.2 Å². The number of rotatable bonds is 5. The second-order valence-electron chi connectivity index (χ2n) is 3.52. The van der Waals surface area contributed by atoms with Crippen molar-refractivity contribution in [2.75, 3.05) is 13.2 Å². The van der Waals surface area contributed by atoms with Gasteiger partial charge in [-0.25, -0.2) is 9.59 Å². The van der Waals surface area contributed by atoms with Gasteiger partial charge in [0.05, 0.1) is 13.2 Å². The third-order valence-electron chi connectivity index (χ3n) is 2.09. The molecule has 8 heteroatoms. The summed E-state index contributed by atoms with van der Waals surface area (Å²) >= 11 is 0. The summed E-state index contributed by atoms with van der Waals surface area (Å²) in [6.45, 7) is 3.16. The van der Waals surface area contributed by atoms with Crippen LogP contribution in [0.1, 0.15) is 20.8 Å². The van der Waals surface area contributed by atoms with Gasteiger partial charge in [-0.1, -0.05) is 0 Å². The molecule has 1 fully saturated rings. The van der Waals surface area contributed by atoms with Crippen LogP contribution in [-0.4, -0.2) is 49.8 Å². The molecule has 108 valence electrons. The molecule has 19 heavy (non-hydrogen) atoms. The summed E-state index contributed by atoms with van der Waals surface area (Å²) in [6.07, 6.45) is -2.63. The quantitative estimate of drug-likeness (QED) is 0.500. The van der Waals surface area contributed by atoms with Crippen LogP contribution in [0.2, 0.25) is 0 Å². The number of carbonyl (C=O) groups is 3. The zero-order valence-electron chi connectivity index (χ0n) is 10.9. The maximum Gasteiger partial charge on any atom is 0.338 e. The van der Waals surface area contributed by atoms with Crippen molar-refractivity contribution in [2.45, 2.75) is 39.5 Å². The Morgan fingerprint density at radius 3 is 1.68 bits per heavy atom. The largest absolute Gasteiger partial charge is 0.464 e. The van der Waals surface area contributed by atoms with Crippen molar-refractivity contribution in [3.05, 3.63) is 0 Å². The van der Waals surface area contributed by atoms with E-state index in [0.29, 0.717) is 0 Å². The van der Waals surface area contributed by atoms with E-state index < -0.39 is 36.6 Å². The van der Waals surface area contributed by atoms with Gasteiger partial charge in [0.25, 0.3) is 0 Å². The Morgan fingerprint density at radius 1 is 0.947 bits per heavy atom. The number of carbonyl (C=O) groups excluding carboxylic acids is 3. The Kier molecular flexibility index (Phi) is 5.71. The average molecular weight is 276 g/mol. The zero-order chi connectivity index (χ0) is 14.4. The first-order valence-corrected chi connectivity index (χ1v) is 5.81. The highest BCUT2D eigenvalue weighted by Crippen LogP contribution is 2.22. The number of ether oxygens (including phenoxy) is 5. The Morgan fingerprint density at radius 2 is 1.37 bits per heavy atom. The monoisotopic (exact) mass is 276 g/mol. The Hall–Kier alpha value is -1.67. The molecule has 1 saturated heterocycles. The summed E-state index contributed by atoms with van der Waals surface area (Å²) in [7, 11) is 0. The van der Waals surface area contributed by atoms with E-state index in [0.717, 1.165) is 6.92 Å². The van der Waals surface area contributed by atoms with Gasteiger partial charge >= 0.3 is 24.4 Å². The molecule has 0 aromatic carbocycles. The van der Waals surface area contributed by atoms with Gasteiger partial charge in [0.1, 0.15) is 0 Å². The van der Waals surface area contributed by atoms with Crippen LogP contribution in [0.15, 0.2) is 0 Å². The van der Waals surface area contributed by atoms with Crippen molar-refractivity contribution < 1.29 is 38.1 Å². The minimum atomic E-state index is -1.43. The van der Waals surface area contributed by atoms with Crippen molar-refractivity contribution in [1.82, 2.24) is 0 Å². The summed E-state index contributed by atoms with van der Waals surface area (Å²) in [6, 6.07) is 0. The Labute approximate surface area is 109 Å². The molecule has 0 aliphatic carbocycles. The van der Waals surface area contributed by atoms with E-state index in [1.807, 2.05) is 0 Å². The van der Waals surface area contributed by atoms with E-state index in [1.54, 1.807) is 13.8 Å². The lowest BCUT2D eigenvalue weighted by molar-refractivity contribution is -0.237. The molecular formula is C11H16O8. The first-order chi connectivity index (χ1) is 8.99. The molecule has 1 aliphatic rings. The van der Waals surface area contributed by atoms with E-state index in [4.69, 9.17) is 18.9 Å². The SMILES string of the molecule is CCOC(=O)[C@H]1OC(OC(C)=O)O[C@@H]1C(=O)OCC. The molecule has 0 spiro atoms. The lowest BCUT2D eigenvalue weighted by atomic mass is 10.2. The number of esters is 3. The van der Waals surface area contributed by atoms with Gasteiger partial charge in [-0.2, -0.15) is 0 Å². The molecule has 0 aromatic rings. The highest BCUT2D eigenvalue weighted by molar-refractivity contribution is 5.86. The molecule has 0 N–H and O–H groups in total. The molecule has 1 aliphatic heterocycles. The van der Waals surface area contributed by atoms with Crippen molar-refractivity contribution in [1.29, 1.82) is 0 Å². The van der Waals surface area contributed by atoms with Gasteiger partial charge in [-0.15, -0.1) is 0 Å². The summed E-state index contributed by atoms with van der Waals surface area (Å²) in [5.74, 6) is -2.23. The van der Waals surface area contributed by atoms with Gasteiger partial charge < -0.3 is 23.7 Å². The zero-order valence-corrected chi connectivity index (χ0v) is 10.9. The Bertz CT molecular complexity index is 327. The first-order valence-electron chi connectivity index (χ1n) is 5.81. The van der Waals surface area contributed by atoms with Crippen LogP contribution in [0.5, 0.6) is 0 Å². The Balaban J connectivity index is 2.74. The van der Waals surface area contributed by atoms with E-state index in [2.05, 4.69) is 4.74 Å². The topological polar surface area (TPSA) is 97.4 Å².